The van der Waals surface area contributed by atoms with Crippen LogP contribution in [0.4, 0.5) is 0 Å². The van der Waals surface area contributed by atoms with E-state index in [-0.39, 0.29) is 5.91 Å². The fraction of sp³-hybridized carbons (Fsp3) is 0.300. The summed E-state index contributed by atoms with van der Waals surface area (Å²) < 4.78 is 8.24. The van der Waals surface area contributed by atoms with E-state index in [1.165, 1.54) is 0 Å². The lowest BCUT2D eigenvalue weighted by atomic mass is 9.95. The highest BCUT2D eigenvalue weighted by Crippen LogP contribution is 2.27. The summed E-state index contributed by atoms with van der Waals surface area (Å²) in [6.45, 7) is 0.533. The van der Waals surface area contributed by atoms with Crippen molar-refractivity contribution in [3.8, 4) is 5.69 Å². The predicted octanol–water partition coefficient (Wildman–Crippen LogP) is 4.08. The van der Waals surface area contributed by atoms with Gasteiger partial charge in [-0.15, -0.1) is 0 Å². The van der Waals surface area contributed by atoms with Gasteiger partial charge in [-0.1, -0.05) is 22.0 Å². The van der Waals surface area contributed by atoms with Crippen LogP contribution in [0.5, 0.6) is 0 Å². The van der Waals surface area contributed by atoms with Crippen LogP contribution in [-0.2, 0) is 19.3 Å². The molecule has 1 amide bonds. The summed E-state index contributed by atoms with van der Waals surface area (Å²) in [6.07, 6.45) is 6.41. The number of hydrogen-bond acceptors (Lipinski definition) is 3. The van der Waals surface area contributed by atoms with E-state index in [0.717, 1.165) is 52.9 Å². The van der Waals surface area contributed by atoms with E-state index >= 15 is 0 Å². The van der Waals surface area contributed by atoms with Crippen molar-refractivity contribution in [2.24, 2.45) is 0 Å². The van der Waals surface area contributed by atoms with Crippen molar-refractivity contribution in [3.05, 3.63) is 69.8 Å². The van der Waals surface area contributed by atoms with E-state index in [4.69, 9.17) is 4.42 Å². The maximum atomic E-state index is 12.7. The van der Waals surface area contributed by atoms with Gasteiger partial charge in [-0.05, 0) is 56.0 Å². The molecule has 1 aliphatic rings. The van der Waals surface area contributed by atoms with Crippen LogP contribution in [0.15, 0.2) is 51.6 Å². The molecule has 5 nitrogen and oxygen atoms in total. The fourth-order valence-corrected chi connectivity index (χ4v) is 3.83. The Morgan fingerprint density at radius 2 is 2.12 bits per heavy atom. The molecule has 0 spiro atoms. The van der Waals surface area contributed by atoms with Crippen molar-refractivity contribution < 1.29 is 9.21 Å². The molecule has 0 saturated heterocycles. The van der Waals surface area contributed by atoms with Crippen molar-refractivity contribution in [2.75, 3.05) is 6.54 Å². The number of hydrogen-bond donors (Lipinski definition) is 1. The number of carbonyl (C=O) groups is 1. The Balaban J connectivity index is 1.58. The first-order valence-electron chi connectivity index (χ1n) is 8.89. The SMILES string of the molecule is O=C(NCCc1ccco1)c1nn(-c2cccc(Br)c2)c2c1CCCC2. The second-order valence-corrected chi connectivity index (χ2v) is 7.37. The highest BCUT2D eigenvalue weighted by atomic mass is 79.9. The lowest BCUT2D eigenvalue weighted by Crippen LogP contribution is -2.27. The molecule has 0 aliphatic heterocycles. The zero-order valence-electron chi connectivity index (χ0n) is 14.4. The Morgan fingerprint density at radius 3 is 2.92 bits per heavy atom. The second kappa shape index (κ2) is 7.50. The van der Waals surface area contributed by atoms with E-state index < -0.39 is 0 Å². The van der Waals surface area contributed by atoms with E-state index in [0.29, 0.717) is 18.7 Å². The fourth-order valence-electron chi connectivity index (χ4n) is 3.44. The molecule has 4 rings (SSSR count). The van der Waals surface area contributed by atoms with Gasteiger partial charge in [-0.3, -0.25) is 4.79 Å². The second-order valence-electron chi connectivity index (χ2n) is 6.46. The summed E-state index contributed by atoms with van der Waals surface area (Å²) >= 11 is 3.52. The third-order valence-electron chi connectivity index (χ3n) is 4.69. The highest BCUT2D eigenvalue weighted by Gasteiger charge is 2.25. The molecule has 1 aromatic carbocycles. The summed E-state index contributed by atoms with van der Waals surface area (Å²) in [6, 6.07) is 11.8. The van der Waals surface area contributed by atoms with E-state index in [2.05, 4.69) is 26.3 Å². The van der Waals surface area contributed by atoms with Crippen LogP contribution >= 0.6 is 15.9 Å². The van der Waals surface area contributed by atoms with Crippen molar-refractivity contribution in [2.45, 2.75) is 32.1 Å². The monoisotopic (exact) mass is 413 g/mol. The van der Waals surface area contributed by atoms with Gasteiger partial charge in [0.05, 0.1) is 12.0 Å². The quantitative estimate of drug-likeness (QED) is 0.685. The minimum Gasteiger partial charge on any atom is -0.469 e. The highest BCUT2D eigenvalue weighted by molar-refractivity contribution is 9.10. The Bertz CT molecular complexity index is 915. The molecule has 0 saturated carbocycles. The number of nitrogens with zero attached hydrogens (tertiary/aromatic N) is 2. The van der Waals surface area contributed by atoms with Crippen LogP contribution in [0.25, 0.3) is 5.69 Å². The predicted molar refractivity (Wildman–Crippen MR) is 103 cm³/mol. The number of carbonyl (C=O) groups excluding carboxylic acids is 1. The maximum Gasteiger partial charge on any atom is 0.272 e. The first-order valence-corrected chi connectivity index (χ1v) is 9.69. The van der Waals surface area contributed by atoms with Crippen LogP contribution in [0.2, 0.25) is 0 Å². The maximum absolute atomic E-state index is 12.7. The van der Waals surface area contributed by atoms with E-state index in [1.807, 2.05) is 41.1 Å². The number of halogens is 1. The van der Waals surface area contributed by atoms with Gasteiger partial charge in [-0.2, -0.15) is 5.10 Å². The molecule has 1 N–H and O–H groups in total. The molecular weight excluding hydrogens is 394 g/mol. The summed E-state index contributed by atoms with van der Waals surface area (Å²) in [7, 11) is 0. The van der Waals surface area contributed by atoms with Gasteiger partial charge in [0.2, 0.25) is 0 Å². The number of benzene rings is 1. The van der Waals surface area contributed by atoms with Gasteiger partial charge in [0, 0.05) is 28.7 Å². The molecule has 0 bridgehead atoms. The Labute approximate surface area is 160 Å². The molecule has 6 heteroatoms. The van der Waals surface area contributed by atoms with Crippen LogP contribution in [0.1, 0.15) is 40.3 Å². The zero-order chi connectivity index (χ0) is 17.9. The van der Waals surface area contributed by atoms with Crippen LogP contribution in [0, 0.1) is 0 Å². The number of rotatable bonds is 5. The van der Waals surface area contributed by atoms with E-state index in [9.17, 15) is 4.79 Å². The Hall–Kier alpha value is -2.34. The molecule has 134 valence electrons. The van der Waals surface area contributed by atoms with Crippen LogP contribution in [0.3, 0.4) is 0 Å². The lowest BCUT2D eigenvalue weighted by molar-refractivity contribution is 0.0947. The molecule has 2 aromatic heterocycles. The van der Waals surface area contributed by atoms with Crippen LogP contribution < -0.4 is 5.32 Å². The number of amides is 1. The minimum atomic E-state index is -0.108. The molecule has 0 atom stereocenters. The number of nitrogens with one attached hydrogen (secondary N) is 1. The molecule has 1 aliphatic carbocycles. The van der Waals surface area contributed by atoms with Crippen molar-refractivity contribution in [3.63, 3.8) is 0 Å². The molecule has 26 heavy (non-hydrogen) atoms. The zero-order valence-corrected chi connectivity index (χ0v) is 16.0. The minimum absolute atomic E-state index is 0.108. The lowest BCUT2D eigenvalue weighted by Gasteiger charge is -2.14. The molecule has 0 fully saturated rings. The number of aromatic nitrogens is 2. The van der Waals surface area contributed by atoms with Crippen LogP contribution in [-0.4, -0.2) is 22.2 Å². The van der Waals surface area contributed by atoms with E-state index in [1.54, 1.807) is 6.26 Å². The topological polar surface area (TPSA) is 60.1 Å². The summed E-state index contributed by atoms with van der Waals surface area (Å²) in [5.41, 5.74) is 3.78. The van der Waals surface area contributed by atoms with Crippen molar-refractivity contribution in [1.82, 2.24) is 15.1 Å². The number of fused-ring (bicyclic) bond motifs is 1. The molecular formula is C20H20BrN3O2. The van der Waals surface area contributed by atoms with Gasteiger partial charge < -0.3 is 9.73 Å². The van der Waals surface area contributed by atoms with Crippen molar-refractivity contribution in [1.29, 1.82) is 0 Å². The smallest absolute Gasteiger partial charge is 0.272 e. The molecule has 0 radical (unpaired) electrons. The first-order chi connectivity index (χ1) is 12.7. The summed E-state index contributed by atoms with van der Waals surface area (Å²) in [5, 5.41) is 7.66. The standard InChI is InChI=1S/C20H20BrN3O2/c21-14-5-3-6-15(13-14)24-18-9-2-1-8-17(18)19(23-24)20(25)22-11-10-16-7-4-12-26-16/h3-7,12-13H,1-2,8-11H2,(H,22,25). The van der Waals surface area contributed by atoms with Gasteiger partial charge >= 0.3 is 0 Å². The Morgan fingerprint density at radius 1 is 1.23 bits per heavy atom. The third-order valence-corrected chi connectivity index (χ3v) is 5.18. The first kappa shape index (κ1) is 17.1. The van der Waals surface area contributed by atoms with Gasteiger partial charge in [0.25, 0.3) is 5.91 Å². The van der Waals surface area contributed by atoms with Gasteiger partial charge in [0.1, 0.15) is 5.76 Å². The van der Waals surface area contributed by atoms with Gasteiger partial charge in [-0.25, -0.2) is 4.68 Å². The summed E-state index contributed by atoms with van der Waals surface area (Å²) in [4.78, 5) is 12.7. The summed E-state index contributed by atoms with van der Waals surface area (Å²) in [5.74, 6) is 0.760. The molecule has 2 heterocycles. The number of furan rings is 1. The Kier molecular flexibility index (Phi) is 4.93. The molecule has 3 aromatic rings. The van der Waals surface area contributed by atoms with Crippen molar-refractivity contribution >= 4 is 21.8 Å². The third kappa shape index (κ3) is 3.46. The van der Waals surface area contributed by atoms with Gasteiger partial charge in [0.15, 0.2) is 5.69 Å². The average Bonchev–Trinajstić information content (AvgIpc) is 3.29. The average molecular weight is 414 g/mol. The normalized spacial score (nSPS) is 13.4. The largest absolute Gasteiger partial charge is 0.469 e. The molecule has 0 unspecified atom stereocenters.